The average Bonchev–Trinajstić information content (AvgIpc) is 3.00. The van der Waals surface area contributed by atoms with Gasteiger partial charge in [0, 0.05) is 11.6 Å². The number of aromatic amines is 1. The third-order valence-corrected chi connectivity index (χ3v) is 4.31. The number of nitrogens with one attached hydrogen (secondary N) is 2. The summed E-state index contributed by atoms with van der Waals surface area (Å²) in [5.74, 6) is 5.68. The highest BCUT2D eigenvalue weighted by molar-refractivity contribution is 7.89. The number of benzene rings is 1. The molecule has 21 heavy (non-hydrogen) atoms. The van der Waals surface area contributed by atoms with Crippen LogP contribution in [0.25, 0.3) is 0 Å². The van der Waals surface area contributed by atoms with Gasteiger partial charge in [0.15, 0.2) is 5.03 Å². The second kappa shape index (κ2) is 6.54. The Balaban J connectivity index is 2.12. The smallest absolute Gasteiger partial charge is 0.258 e. The van der Waals surface area contributed by atoms with Gasteiger partial charge in [-0.15, -0.1) is 0 Å². The van der Waals surface area contributed by atoms with Crippen molar-refractivity contribution in [3.63, 3.8) is 0 Å². The molecular weight excluding hydrogens is 288 g/mol. The highest BCUT2D eigenvalue weighted by atomic mass is 32.2. The number of nitrogens with two attached hydrogens (primary N) is 1. The standard InChI is InChI=1S/C14H16N4O2S/c1-11(18-21(19,20)14-9-16-10-17-14)13-6-4-12(5-7-13)3-2-8-15/h4-7,9-11,18H,8,15H2,1H3,(H,16,17). The van der Waals surface area contributed by atoms with Gasteiger partial charge in [-0.3, -0.25) is 0 Å². The number of nitrogens with zero attached hydrogens (tertiary/aromatic N) is 1. The molecule has 0 spiro atoms. The molecular formula is C14H16N4O2S. The molecule has 0 bridgehead atoms. The van der Waals surface area contributed by atoms with Crippen LogP contribution in [0.4, 0.5) is 0 Å². The fourth-order valence-corrected chi connectivity index (χ4v) is 2.90. The van der Waals surface area contributed by atoms with E-state index in [2.05, 4.69) is 26.5 Å². The Bertz CT molecular complexity index is 741. The summed E-state index contributed by atoms with van der Waals surface area (Å²) in [6, 6.07) is 6.97. The number of imidazole rings is 1. The van der Waals surface area contributed by atoms with Gasteiger partial charge in [0.05, 0.1) is 19.1 Å². The molecule has 2 aromatic rings. The molecule has 1 atom stereocenters. The summed E-state index contributed by atoms with van der Waals surface area (Å²) in [5, 5.41) is 0.0415. The minimum absolute atomic E-state index is 0.0415. The van der Waals surface area contributed by atoms with Crippen molar-refractivity contribution in [2.45, 2.75) is 18.0 Å². The maximum absolute atomic E-state index is 12.1. The van der Waals surface area contributed by atoms with Crippen molar-refractivity contribution in [3.05, 3.63) is 47.9 Å². The van der Waals surface area contributed by atoms with Crippen LogP contribution in [0.15, 0.2) is 41.8 Å². The Hall–Kier alpha value is -2.14. The van der Waals surface area contributed by atoms with Crippen LogP contribution in [0.1, 0.15) is 24.1 Å². The Labute approximate surface area is 123 Å². The van der Waals surface area contributed by atoms with E-state index in [-0.39, 0.29) is 11.1 Å². The van der Waals surface area contributed by atoms with Gasteiger partial charge >= 0.3 is 0 Å². The zero-order valence-electron chi connectivity index (χ0n) is 11.5. The molecule has 1 unspecified atom stereocenters. The Morgan fingerprint density at radius 1 is 1.38 bits per heavy atom. The maximum Gasteiger partial charge on any atom is 0.258 e. The molecule has 0 radical (unpaired) electrons. The molecule has 110 valence electrons. The lowest BCUT2D eigenvalue weighted by atomic mass is 10.1. The molecule has 7 heteroatoms. The number of hydrogen-bond acceptors (Lipinski definition) is 4. The van der Waals surface area contributed by atoms with Crippen LogP contribution >= 0.6 is 0 Å². The fraction of sp³-hybridized carbons (Fsp3) is 0.214. The molecule has 1 aromatic heterocycles. The van der Waals surface area contributed by atoms with Crippen LogP contribution in [0.2, 0.25) is 0 Å². The van der Waals surface area contributed by atoms with Crippen molar-refractivity contribution in [3.8, 4) is 11.8 Å². The summed E-state index contributed by atoms with van der Waals surface area (Å²) >= 11 is 0. The van der Waals surface area contributed by atoms with E-state index in [0.717, 1.165) is 11.1 Å². The van der Waals surface area contributed by atoms with Gasteiger partial charge in [-0.05, 0) is 24.6 Å². The Kier molecular flexibility index (Phi) is 4.75. The minimum atomic E-state index is -3.60. The highest BCUT2D eigenvalue weighted by Crippen LogP contribution is 2.16. The number of aromatic nitrogens is 2. The van der Waals surface area contributed by atoms with Gasteiger partial charge in [0.2, 0.25) is 0 Å². The van der Waals surface area contributed by atoms with E-state index in [4.69, 9.17) is 5.73 Å². The van der Waals surface area contributed by atoms with E-state index < -0.39 is 10.0 Å². The molecule has 6 nitrogen and oxygen atoms in total. The SMILES string of the molecule is CC(NS(=O)(=O)c1cnc[nH]1)c1ccc(C#CCN)cc1. The predicted octanol–water partition coefficient (Wildman–Crippen LogP) is 0.759. The highest BCUT2D eigenvalue weighted by Gasteiger charge is 2.19. The lowest BCUT2D eigenvalue weighted by Gasteiger charge is -2.13. The molecule has 0 amide bonds. The van der Waals surface area contributed by atoms with Gasteiger partial charge in [-0.25, -0.2) is 18.1 Å². The van der Waals surface area contributed by atoms with E-state index >= 15 is 0 Å². The molecule has 4 N–H and O–H groups in total. The topological polar surface area (TPSA) is 101 Å². The molecule has 0 saturated heterocycles. The third kappa shape index (κ3) is 3.92. The molecule has 0 fully saturated rings. The predicted molar refractivity (Wildman–Crippen MR) is 79.7 cm³/mol. The molecule has 2 rings (SSSR count). The van der Waals surface area contributed by atoms with Crippen molar-refractivity contribution in [2.24, 2.45) is 5.73 Å². The molecule has 0 aliphatic carbocycles. The van der Waals surface area contributed by atoms with Gasteiger partial charge in [0.25, 0.3) is 10.0 Å². The summed E-state index contributed by atoms with van der Waals surface area (Å²) < 4.78 is 26.7. The summed E-state index contributed by atoms with van der Waals surface area (Å²) in [5.41, 5.74) is 7.00. The van der Waals surface area contributed by atoms with Gasteiger partial charge in [0.1, 0.15) is 0 Å². The lowest BCUT2D eigenvalue weighted by molar-refractivity contribution is 0.564. The number of rotatable bonds is 4. The minimum Gasteiger partial charge on any atom is -0.335 e. The number of hydrogen-bond donors (Lipinski definition) is 3. The van der Waals surface area contributed by atoms with Gasteiger partial charge in [-0.2, -0.15) is 0 Å². The van der Waals surface area contributed by atoms with Crippen LogP contribution in [0, 0.1) is 11.8 Å². The number of H-pyrrole nitrogens is 1. The second-order valence-electron chi connectivity index (χ2n) is 4.39. The van der Waals surface area contributed by atoms with Crippen molar-refractivity contribution >= 4 is 10.0 Å². The first-order valence-corrected chi connectivity index (χ1v) is 7.81. The van der Waals surface area contributed by atoms with Crippen LogP contribution in [0.3, 0.4) is 0 Å². The fourth-order valence-electron chi connectivity index (χ4n) is 1.76. The Morgan fingerprint density at radius 2 is 2.10 bits per heavy atom. The normalized spacial score (nSPS) is 12.5. The van der Waals surface area contributed by atoms with Crippen LogP contribution < -0.4 is 10.5 Å². The molecule has 0 saturated carbocycles. The van der Waals surface area contributed by atoms with Crippen LogP contribution in [-0.2, 0) is 10.0 Å². The van der Waals surface area contributed by atoms with Crippen molar-refractivity contribution in [2.75, 3.05) is 6.54 Å². The van der Waals surface area contributed by atoms with E-state index in [1.165, 1.54) is 12.5 Å². The number of sulfonamides is 1. The summed E-state index contributed by atoms with van der Waals surface area (Å²) in [6.07, 6.45) is 2.59. The van der Waals surface area contributed by atoms with E-state index in [9.17, 15) is 8.42 Å². The van der Waals surface area contributed by atoms with Crippen molar-refractivity contribution in [1.82, 2.24) is 14.7 Å². The van der Waals surface area contributed by atoms with Crippen molar-refractivity contribution < 1.29 is 8.42 Å². The zero-order chi connectivity index (χ0) is 15.3. The summed E-state index contributed by atoms with van der Waals surface area (Å²) in [4.78, 5) is 6.28. The summed E-state index contributed by atoms with van der Waals surface area (Å²) in [6.45, 7) is 2.08. The second-order valence-corrected chi connectivity index (χ2v) is 6.07. The van der Waals surface area contributed by atoms with Crippen molar-refractivity contribution in [1.29, 1.82) is 0 Å². The molecule has 0 aliphatic heterocycles. The summed E-state index contributed by atoms with van der Waals surface area (Å²) in [7, 11) is -3.60. The zero-order valence-corrected chi connectivity index (χ0v) is 12.3. The van der Waals surface area contributed by atoms with Gasteiger partial charge in [-0.1, -0.05) is 24.0 Å². The average molecular weight is 304 g/mol. The molecule has 0 aliphatic rings. The molecule has 1 heterocycles. The monoisotopic (exact) mass is 304 g/mol. The largest absolute Gasteiger partial charge is 0.335 e. The Morgan fingerprint density at radius 3 is 2.67 bits per heavy atom. The molecule has 1 aromatic carbocycles. The van der Waals surface area contributed by atoms with E-state index in [1.54, 1.807) is 6.92 Å². The maximum atomic E-state index is 12.1. The van der Waals surface area contributed by atoms with E-state index in [0.29, 0.717) is 6.54 Å². The van der Waals surface area contributed by atoms with Crippen LogP contribution in [0.5, 0.6) is 0 Å². The third-order valence-electron chi connectivity index (χ3n) is 2.84. The first-order chi connectivity index (χ1) is 10.0. The van der Waals surface area contributed by atoms with Gasteiger partial charge < -0.3 is 10.7 Å². The first-order valence-electron chi connectivity index (χ1n) is 6.32. The lowest BCUT2D eigenvalue weighted by Crippen LogP contribution is -2.27. The van der Waals surface area contributed by atoms with Crippen LogP contribution in [-0.4, -0.2) is 24.9 Å². The first kappa shape index (κ1) is 15.3. The quantitative estimate of drug-likeness (QED) is 0.726. The van der Waals surface area contributed by atoms with E-state index in [1.807, 2.05) is 24.3 Å².